The molecule has 1 aliphatic rings. The molecule has 1 fully saturated rings. The van der Waals surface area contributed by atoms with Crippen LogP contribution in [0, 0.1) is 11.8 Å². The van der Waals surface area contributed by atoms with Crippen molar-refractivity contribution in [3.8, 4) is 11.8 Å². The third kappa shape index (κ3) is 4.15. The van der Waals surface area contributed by atoms with Crippen LogP contribution < -0.4 is 10.8 Å². The highest BCUT2D eigenvalue weighted by atomic mass is 32.1. The number of carbonyl (C=O) groups excluding carboxylic acids is 1. The summed E-state index contributed by atoms with van der Waals surface area (Å²) in [6.07, 6.45) is 0.614. The Morgan fingerprint density at radius 2 is 2.00 bits per heavy atom. The minimum absolute atomic E-state index is 0.212. The lowest BCUT2D eigenvalue weighted by atomic mass is 9.98. The molecular weight excluding hydrogens is 386 g/mol. The maximum atomic E-state index is 12.8. The van der Waals surface area contributed by atoms with Crippen molar-refractivity contribution >= 4 is 34.0 Å². The predicted molar refractivity (Wildman–Crippen MR) is 114 cm³/mol. The summed E-state index contributed by atoms with van der Waals surface area (Å²) in [7, 11) is 0. The van der Waals surface area contributed by atoms with Crippen LogP contribution in [0.1, 0.15) is 28.0 Å². The van der Waals surface area contributed by atoms with E-state index in [4.69, 9.17) is 22.2 Å². The van der Waals surface area contributed by atoms with Gasteiger partial charge in [0.25, 0.3) is 5.91 Å². The van der Waals surface area contributed by atoms with Gasteiger partial charge in [-0.3, -0.25) is 15.5 Å². The highest BCUT2D eigenvalue weighted by Crippen LogP contribution is 2.20. The Kier molecular flexibility index (Phi) is 5.32. The van der Waals surface area contributed by atoms with Crippen molar-refractivity contribution in [3.05, 3.63) is 71.4 Å². The van der Waals surface area contributed by atoms with E-state index in [1.54, 1.807) is 12.1 Å². The second-order valence-electron chi connectivity index (χ2n) is 6.88. The fourth-order valence-electron chi connectivity index (χ4n) is 3.24. The molecule has 146 valence electrons. The van der Waals surface area contributed by atoms with Crippen molar-refractivity contribution in [3.63, 3.8) is 0 Å². The average molecular weight is 405 g/mol. The number of carbonyl (C=O) groups is 1. The van der Waals surface area contributed by atoms with Crippen LogP contribution in [0.4, 0.5) is 0 Å². The van der Waals surface area contributed by atoms with Gasteiger partial charge in [-0.15, -0.1) is 0 Å². The molecule has 2 heterocycles. The van der Waals surface area contributed by atoms with E-state index in [-0.39, 0.29) is 10.9 Å². The van der Waals surface area contributed by atoms with E-state index in [1.807, 2.05) is 47.9 Å². The van der Waals surface area contributed by atoms with Crippen LogP contribution in [-0.4, -0.2) is 39.8 Å². The quantitative estimate of drug-likeness (QED) is 0.306. The Morgan fingerprint density at radius 1 is 1.21 bits per heavy atom. The predicted octanol–water partition coefficient (Wildman–Crippen LogP) is 2.76. The molecule has 0 bridgehead atoms. The van der Waals surface area contributed by atoms with Gasteiger partial charge in [0.1, 0.15) is 16.2 Å². The number of ether oxygens (including phenoxy) is 1. The molecule has 0 spiro atoms. The standard InChI is InChI=1S/C22H19N3O3S/c26-20(19-13-17-3-1-2-4-18(17)23-19)24-22(11-12-28-14-22)10-9-15-5-7-16(8-6-15)21(29)25-27/h1-8,13,23,27H,11-12,14H2,(H,24,26)(H,25,29). The summed E-state index contributed by atoms with van der Waals surface area (Å²) >= 11 is 4.99. The zero-order valence-electron chi connectivity index (χ0n) is 15.5. The van der Waals surface area contributed by atoms with Gasteiger partial charge in [-0.1, -0.05) is 54.4 Å². The van der Waals surface area contributed by atoms with Crippen molar-refractivity contribution in [2.75, 3.05) is 13.2 Å². The third-order valence-electron chi connectivity index (χ3n) is 4.84. The number of para-hydroxylation sites is 1. The van der Waals surface area contributed by atoms with Gasteiger partial charge in [0, 0.05) is 28.5 Å². The molecule has 6 nitrogen and oxygen atoms in total. The highest BCUT2D eigenvalue weighted by Gasteiger charge is 2.35. The minimum atomic E-state index is -0.741. The molecule has 0 saturated carbocycles. The fraction of sp³-hybridized carbons (Fsp3) is 0.182. The van der Waals surface area contributed by atoms with Crippen LogP contribution in [0.5, 0.6) is 0 Å². The summed E-state index contributed by atoms with van der Waals surface area (Å²) in [5, 5.41) is 12.9. The van der Waals surface area contributed by atoms with Crippen molar-refractivity contribution in [1.82, 2.24) is 15.8 Å². The minimum Gasteiger partial charge on any atom is -0.378 e. The third-order valence-corrected chi connectivity index (χ3v) is 5.17. The normalized spacial score (nSPS) is 18.1. The molecule has 3 aromatic rings. The second-order valence-corrected chi connectivity index (χ2v) is 7.29. The van der Waals surface area contributed by atoms with Gasteiger partial charge in [-0.05, 0) is 24.3 Å². The van der Waals surface area contributed by atoms with Crippen LogP contribution in [0.2, 0.25) is 0 Å². The molecule has 1 aromatic heterocycles. The summed E-state index contributed by atoms with van der Waals surface area (Å²) in [4.78, 5) is 16.2. The molecule has 4 N–H and O–H groups in total. The maximum absolute atomic E-state index is 12.8. The Morgan fingerprint density at radius 3 is 2.69 bits per heavy atom. The first kappa shape index (κ1) is 19.2. The lowest BCUT2D eigenvalue weighted by Gasteiger charge is -2.22. The van der Waals surface area contributed by atoms with E-state index in [9.17, 15) is 4.79 Å². The van der Waals surface area contributed by atoms with Crippen molar-refractivity contribution in [1.29, 1.82) is 0 Å². The topological polar surface area (TPSA) is 86.4 Å². The lowest BCUT2D eigenvalue weighted by molar-refractivity contribution is 0.0904. The fourth-order valence-corrected chi connectivity index (χ4v) is 3.37. The van der Waals surface area contributed by atoms with E-state index in [1.165, 1.54) is 0 Å². The van der Waals surface area contributed by atoms with Crippen LogP contribution in [-0.2, 0) is 4.74 Å². The molecule has 1 unspecified atom stereocenters. The Balaban J connectivity index is 1.54. The molecule has 1 saturated heterocycles. The van der Waals surface area contributed by atoms with Crippen LogP contribution >= 0.6 is 12.2 Å². The first-order valence-corrected chi connectivity index (χ1v) is 9.55. The van der Waals surface area contributed by atoms with Gasteiger partial charge in [0.15, 0.2) is 0 Å². The van der Waals surface area contributed by atoms with Crippen molar-refractivity contribution in [2.24, 2.45) is 0 Å². The monoisotopic (exact) mass is 405 g/mol. The number of hydrogen-bond donors (Lipinski definition) is 4. The largest absolute Gasteiger partial charge is 0.378 e. The summed E-state index contributed by atoms with van der Waals surface area (Å²) in [6.45, 7) is 0.875. The van der Waals surface area contributed by atoms with E-state index in [0.29, 0.717) is 30.9 Å². The first-order valence-electron chi connectivity index (χ1n) is 9.14. The molecule has 4 rings (SSSR count). The number of benzene rings is 2. The second kappa shape index (κ2) is 8.05. The van der Waals surface area contributed by atoms with Crippen LogP contribution in [0.15, 0.2) is 54.6 Å². The Labute approximate surface area is 173 Å². The summed E-state index contributed by atoms with van der Waals surface area (Å²) < 4.78 is 5.53. The Bertz CT molecular complexity index is 1090. The van der Waals surface area contributed by atoms with Crippen LogP contribution in [0.3, 0.4) is 0 Å². The van der Waals surface area contributed by atoms with Crippen molar-refractivity contribution in [2.45, 2.75) is 12.0 Å². The zero-order valence-corrected chi connectivity index (χ0v) is 16.3. The number of aromatic amines is 1. The van der Waals surface area contributed by atoms with Gasteiger partial charge in [-0.25, -0.2) is 0 Å². The van der Waals surface area contributed by atoms with Gasteiger partial charge in [0.2, 0.25) is 0 Å². The molecule has 1 atom stereocenters. The molecule has 2 aromatic carbocycles. The van der Waals surface area contributed by atoms with Gasteiger partial charge in [-0.2, -0.15) is 0 Å². The number of nitrogens with one attached hydrogen (secondary N) is 3. The maximum Gasteiger partial charge on any atom is 0.268 e. The van der Waals surface area contributed by atoms with E-state index in [2.05, 4.69) is 22.1 Å². The highest BCUT2D eigenvalue weighted by molar-refractivity contribution is 7.80. The van der Waals surface area contributed by atoms with E-state index < -0.39 is 5.54 Å². The molecule has 7 heteroatoms. The zero-order chi connectivity index (χ0) is 20.3. The van der Waals surface area contributed by atoms with E-state index in [0.717, 1.165) is 16.5 Å². The lowest BCUT2D eigenvalue weighted by Crippen LogP contribution is -2.48. The Hall–Kier alpha value is -3.18. The number of aromatic nitrogens is 1. The first-order chi connectivity index (χ1) is 14.1. The summed E-state index contributed by atoms with van der Waals surface area (Å²) in [6, 6.07) is 16.8. The molecule has 0 radical (unpaired) electrons. The number of amides is 1. The van der Waals surface area contributed by atoms with Gasteiger partial charge in [0.05, 0.1) is 13.2 Å². The number of hydrogen-bond acceptors (Lipinski definition) is 4. The smallest absolute Gasteiger partial charge is 0.268 e. The average Bonchev–Trinajstić information content (AvgIpc) is 3.39. The number of thiocarbonyl (C=S) groups is 1. The summed E-state index contributed by atoms with van der Waals surface area (Å²) in [5.74, 6) is 6.09. The molecule has 29 heavy (non-hydrogen) atoms. The number of rotatable bonds is 3. The number of hydroxylamine groups is 1. The van der Waals surface area contributed by atoms with Gasteiger partial charge >= 0.3 is 0 Å². The number of H-pyrrole nitrogens is 1. The summed E-state index contributed by atoms with van der Waals surface area (Å²) in [5.41, 5.74) is 4.10. The molecule has 1 aliphatic heterocycles. The van der Waals surface area contributed by atoms with E-state index >= 15 is 0 Å². The molecule has 1 amide bonds. The SMILES string of the molecule is O=C(NC1(C#Cc2ccc(C(=S)NO)cc2)CCOC1)c1cc2ccccc2[nH]1. The van der Waals surface area contributed by atoms with Crippen LogP contribution in [0.25, 0.3) is 10.9 Å². The molecular formula is C22H19N3O3S. The molecule has 0 aliphatic carbocycles. The van der Waals surface area contributed by atoms with Gasteiger partial charge < -0.3 is 15.0 Å². The van der Waals surface area contributed by atoms with Crippen molar-refractivity contribution < 1.29 is 14.7 Å². The number of fused-ring (bicyclic) bond motifs is 1.